The maximum absolute atomic E-state index is 11.9. The van der Waals surface area contributed by atoms with Crippen molar-refractivity contribution in [2.45, 2.75) is 6.92 Å². The van der Waals surface area contributed by atoms with Crippen LogP contribution in [0.5, 0.6) is 5.75 Å². The van der Waals surface area contributed by atoms with Crippen molar-refractivity contribution in [1.82, 2.24) is 5.43 Å². The molecule has 1 amide bonds. The lowest BCUT2D eigenvalue weighted by Crippen LogP contribution is -2.18. The van der Waals surface area contributed by atoms with Crippen molar-refractivity contribution in [1.29, 1.82) is 0 Å². The number of hydrazone groups is 1. The Kier molecular flexibility index (Phi) is 4.53. The first kappa shape index (κ1) is 14.3. The molecule has 20 heavy (non-hydrogen) atoms. The summed E-state index contributed by atoms with van der Waals surface area (Å²) in [6.45, 7) is 1.80. The lowest BCUT2D eigenvalue weighted by atomic mass is 10.1. The maximum Gasteiger partial charge on any atom is 0.272 e. The Bertz CT molecular complexity index is 669. The third-order valence-corrected chi connectivity index (χ3v) is 3.45. The lowest BCUT2D eigenvalue weighted by Gasteiger charge is -2.03. The zero-order chi connectivity index (χ0) is 14.5. The largest absolute Gasteiger partial charge is 0.507 e. The second-order valence-electron chi connectivity index (χ2n) is 4.19. The predicted octanol–water partition coefficient (Wildman–Crippen LogP) is 3.23. The van der Waals surface area contributed by atoms with Crippen molar-refractivity contribution in [3.63, 3.8) is 0 Å². The molecule has 0 aliphatic heterocycles. The van der Waals surface area contributed by atoms with Crippen LogP contribution in [-0.4, -0.2) is 17.2 Å². The number of carbonyl (C=O) groups excluding carboxylic acids is 1. The van der Waals surface area contributed by atoms with Gasteiger partial charge in [0.05, 0.1) is 11.8 Å². The summed E-state index contributed by atoms with van der Waals surface area (Å²) in [5.74, 6) is -0.160. The van der Waals surface area contributed by atoms with Crippen molar-refractivity contribution in [2.75, 3.05) is 0 Å². The molecule has 2 rings (SSSR count). The Hall–Kier alpha value is -2.14. The minimum absolute atomic E-state index is 0.159. The molecule has 2 N–H and O–H groups in total. The van der Waals surface area contributed by atoms with Crippen molar-refractivity contribution >= 4 is 28.1 Å². The Morgan fingerprint density at radius 3 is 2.75 bits per heavy atom. The number of hydrogen-bond donors (Lipinski definition) is 2. The van der Waals surface area contributed by atoms with E-state index >= 15 is 0 Å². The smallest absolute Gasteiger partial charge is 0.272 e. The van der Waals surface area contributed by atoms with Crippen LogP contribution in [0.3, 0.4) is 0 Å². The molecule has 0 saturated heterocycles. The molecule has 0 atom stereocenters. The van der Waals surface area contributed by atoms with Crippen molar-refractivity contribution in [3.8, 4) is 5.75 Å². The molecule has 0 aliphatic rings. The van der Waals surface area contributed by atoms with Crippen molar-refractivity contribution in [2.24, 2.45) is 5.10 Å². The lowest BCUT2D eigenvalue weighted by molar-refractivity contribution is 0.0954. The van der Waals surface area contributed by atoms with E-state index < -0.39 is 0 Å². The van der Waals surface area contributed by atoms with Crippen LogP contribution in [0.25, 0.3) is 0 Å². The van der Waals surface area contributed by atoms with Gasteiger partial charge in [-0.1, -0.05) is 24.3 Å². The molecular formula is C15H13BrN2O2. The summed E-state index contributed by atoms with van der Waals surface area (Å²) in [5, 5.41) is 13.7. The first-order valence-electron chi connectivity index (χ1n) is 5.96. The van der Waals surface area contributed by atoms with E-state index in [1.807, 2.05) is 12.1 Å². The topological polar surface area (TPSA) is 61.7 Å². The molecule has 0 bridgehead atoms. The molecule has 0 unspecified atom stereocenters. The molecule has 0 heterocycles. The van der Waals surface area contributed by atoms with Gasteiger partial charge in [0.25, 0.3) is 5.91 Å². The molecular weight excluding hydrogens is 320 g/mol. The van der Waals surface area contributed by atoms with Crippen LogP contribution in [-0.2, 0) is 0 Å². The molecule has 0 radical (unpaired) electrons. The second-order valence-corrected chi connectivity index (χ2v) is 5.05. The standard InChI is InChI=1S/C15H13BrN2O2/c1-10-5-4-6-11(14(10)19)9-17-18-15(20)12-7-2-3-8-13(12)16/h2-9,19H,1H3,(H,18,20). The maximum atomic E-state index is 11.9. The van der Waals surface area contributed by atoms with E-state index in [9.17, 15) is 9.90 Å². The first-order valence-corrected chi connectivity index (χ1v) is 6.75. The molecule has 2 aromatic carbocycles. The van der Waals surface area contributed by atoms with Crippen molar-refractivity contribution in [3.05, 3.63) is 63.6 Å². The highest BCUT2D eigenvalue weighted by molar-refractivity contribution is 9.10. The Balaban J connectivity index is 2.09. The Morgan fingerprint density at radius 2 is 2.00 bits per heavy atom. The van der Waals surface area contributed by atoms with Gasteiger partial charge in [-0.3, -0.25) is 4.79 Å². The van der Waals surface area contributed by atoms with E-state index in [1.54, 1.807) is 37.3 Å². The Morgan fingerprint density at radius 1 is 1.25 bits per heavy atom. The summed E-state index contributed by atoms with van der Waals surface area (Å²) in [6.07, 6.45) is 1.41. The minimum atomic E-state index is -0.319. The number of nitrogens with one attached hydrogen (secondary N) is 1. The van der Waals surface area contributed by atoms with Crippen LogP contribution in [0, 0.1) is 6.92 Å². The van der Waals surface area contributed by atoms with Gasteiger partial charge in [0.1, 0.15) is 5.75 Å². The summed E-state index contributed by atoms with van der Waals surface area (Å²) in [4.78, 5) is 11.9. The number of amides is 1. The van der Waals surface area contributed by atoms with E-state index in [-0.39, 0.29) is 11.7 Å². The van der Waals surface area contributed by atoms with E-state index in [4.69, 9.17) is 0 Å². The molecule has 0 spiro atoms. The van der Waals surface area contributed by atoms with Gasteiger partial charge in [-0.2, -0.15) is 5.10 Å². The third kappa shape index (κ3) is 3.24. The number of hydrogen-bond acceptors (Lipinski definition) is 3. The van der Waals surface area contributed by atoms with E-state index in [2.05, 4.69) is 26.5 Å². The molecule has 0 aliphatic carbocycles. The average molecular weight is 333 g/mol. The van der Waals surface area contributed by atoms with Crippen LogP contribution in [0.15, 0.2) is 52.0 Å². The van der Waals surface area contributed by atoms with Gasteiger partial charge in [-0.15, -0.1) is 0 Å². The fraction of sp³-hybridized carbons (Fsp3) is 0.0667. The monoisotopic (exact) mass is 332 g/mol. The highest BCUT2D eigenvalue weighted by atomic mass is 79.9. The fourth-order valence-electron chi connectivity index (χ4n) is 1.65. The fourth-order valence-corrected chi connectivity index (χ4v) is 2.12. The van der Waals surface area contributed by atoms with Gasteiger partial charge < -0.3 is 5.11 Å². The second kappa shape index (κ2) is 6.34. The van der Waals surface area contributed by atoms with Crippen LogP contribution in [0.1, 0.15) is 21.5 Å². The number of carbonyl (C=O) groups is 1. The minimum Gasteiger partial charge on any atom is -0.507 e. The van der Waals surface area contributed by atoms with Crippen LogP contribution in [0.4, 0.5) is 0 Å². The summed E-state index contributed by atoms with van der Waals surface area (Å²) < 4.78 is 0.700. The molecule has 0 aromatic heterocycles. The third-order valence-electron chi connectivity index (χ3n) is 2.76. The molecule has 102 valence electrons. The number of aromatic hydroxyl groups is 1. The van der Waals surface area contributed by atoms with Gasteiger partial charge in [-0.05, 0) is 46.6 Å². The predicted molar refractivity (Wildman–Crippen MR) is 82.0 cm³/mol. The summed E-state index contributed by atoms with van der Waals surface area (Å²) in [6, 6.07) is 12.4. The van der Waals surface area contributed by atoms with E-state index in [0.717, 1.165) is 5.56 Å². The molecule has 0 saturated carbocycles. The van der Waals surface area contributed by atoms with Crippen LogP contribution >= 0.6 is 15.9 Å². The quantitative estimate of drug-likeness (QED) is 0.669. The van der Waals surface area contributed by atoms with Crippen molar-refractivity contribution < 1.29 is 9.90 Å². The van der Waals surface area contributed by atoms with Gasteiger partial charge in [-0.25, -0.2) is 5.43 Å². The molecule has 4 nitrogen and oxygen atoms in total. The van der Waals surface area contributed by atoms with Crippen LogP contribution < -0.4 is 5.43 Å². The van der Waals surface area contributed by atoms with Gasteiger partial charge >= 0.3 is 0 Å². The number of phenols is 1. The van der Waals surface area contributed by atoms with Crippen LogP contribution in [0.2, 0.25) is 0 Å². The number of rotatable bonds is 3. The molecule has 0 fully saturated rings. The Labute approximate surface area is 125 Å². The normalized spacial score (nSPS) is 10.7. The van der Waals surface area contributed by atoms with Gasteiger partial charge in [0.2, 0.25) is 0 Å². The number of para-hydroxylation sites is 1. The van der Waals surface area contributed by atoms with Gasteiger partial charge in [0, 0.05) is 10.0 Å². The van der Waals surface area contributed by atoms with Gasteiger partial charge in [0.15, 0.2) is 0 Å². The number of aryl methyl sites for hydroxylation is 1. The summed E-state index contributed by atoms with van der Waals surface area (Å²) >= 11 is 3.30. The summed E-state index contributed by atoms with van der Waals surface area (Å²) in [5.41, 5.74) is 4.23. The average Bonchev–Trinajstić information content (AvgIpc) is 2.44. The van der Waals surface area contributed by atoms with E-state index in [1.165, 1.54) is 6.21 Å². The number of benzene rings is 2. The van der Waals surface area contributed by atoms with E-state index in [0.29, 0.717) is 15.6 Å². The SMILES string of the molecule is Cc1cccc(C=NNC(=O)c2ccccc2Br)c1O. The highest BCUT2D eigenvalue weighted by Gasteiger charge is 2.07. The molecule has 2 aromatic rings. The number of nitrogens with zero attached hydrogens (tertiary/aromatic N) is 1. The first-order chi connectivity index (χ1) is 9.59. The zero-order valence-electron chi connectivity index (χ0n) is 10.8. The highest BCUT2D eigenvalue weighted by Crippen LogP contribution is 2.19. The summed E-state index contributed by atoms with van der Waals surface area (Å²) in [7, 11) is 0. The molecule has 5 heteroatoms. The zero-order valence-corrected chi connectivity index (χ0v) is 12.4. The number of halogens is 1. The number of phenolic OH excluding ortho intramolecular Hbond substituents is 1.